The molecule has 150 valence electrons. The molecule has 0 atom stereocenters. The summed E-state index contributed by atoms with van der Waals surface area (Å²) in [5, 5.41) is 0. The molecule has 2 saturated heterocycles. The number of aromatic nitrogens is 2. The van der Waals surface area contributed by atoms with Crippen LogP contribution in [0.25, 0.3) is 0 Å². The van der Waals surface area contributed by atoms with Gasteiger partial charge in [-0.25, -0.2) is 14.4 Å². The predicted octanol–water partition coefficient (Wildman–Crippen LogP) is 1.69. The lowest BCUT2D eigenvalue weighted by Gasteiger charge is -2.35. The highest BCUT2D eigenvalue weighted by Gasteiger charge is 2.19. The maximum absolute atomic E-state index is 13.1. The van der Waals surface area contributed by atoms with Gasteiger partial charge in [-0.15, -0.1) is 0 Å². The summed E-state index contributed by atoms with van der Waals surface area (Å²) < 4.78 is 13.1. The average Bonchev–Trinajstić information content (AvgIpc) is 2.72. The van der Waals surface area contributed by atoms with Crippen molar-refractivity contribution >= 4 is 5.95 Å². The van der Waals surface area contributed by atoms with Crippen molar-refractivity contribution in [2.75, 3.05) is 64.3 Å². The van der Waals surface area contributed by atoms with Crippen LogP contribution in [0.15, 0.2) is 36.5 Å². The lowest BCUT2D eigenvalue weighted by molar-refractivity contribution is 0.121. The van der Waals surface area contributed by atoms with Crippen LogP contribution in [0.3, 0.4) is 0 Å². The number of likely N-dealkylation sites (N-methyl/N-ethyl adjacent to an activating group) is 1. The van der Waals surface area contributed by atoms with Crippen LogP contribution in [0.2, 0.25) is 0 Å². The molecule has 6 nitrogen and oxygen atoms in total. The van der Waals surface area contributed by atoms with Crippen LogP contribution in [-0.2, 0) is 13.1 Å². The maximum atomic E-state index is 13.1. The summed E-state index contributed by atoms with van der Waals surface area (Å²) in [5.74, 6) is 0.690. The topological polar surface area (TPSA) is 38.7 Å². The molecule has 0 unspecified atom stereocenters. The number of anilines is 1. The second-order valence-corrected chi connectivity index (χ2v) is 7.82. The van der Waals surface area contributed by atoms with E-state index in [0.717, 1.165) is 77.1 Å². The Morgan fingerprint density at radius 3 is 2.14 bits per heavy atom. The summed E-state index contributed by atoms with van der Waals surface area (Å²) in [6.45, 7) is 9.94. The molecule has 0 radical (unpaired) electrons. The van der Waals surface area contributed by atoms with Gasteiger partial charge in [-0.3, -0.25) is 9.80 Å². The summed E-state index contributed by atoms with van der Waals surface area (Å²) in [7, 11) is 2.16. The van der Waals surface area contributed by atoms with Crippen molar-refractivity contribution in [3.63, 3.8) is 0 Å². The second kappa shape index (κ2) is 8.94. The Balaban J connectivity index is 1.27. The maximum Gasteiger partial charge on any atom is 0.225 e. The van der Waals surface area contributed by atoms with E-state index in [2.05, 4.69) is 31.6 Å². The molecular formula is C21H29FN6. The SMILES string of the molecule is CN1CCN(c2nccc(CN3CCN(Cc4ccc(F)cc4)CC3)n2)CC1. The molecule has 2 aliphatic heterocycles. The summed E-state index contributed by atoms with van der Waals surface area (Å²) in [4.78, 5) is 18.8. The van der Waals surface area contributed by atoms with Crippen molar-refractivity contribution in [1.29, 1.82) is 0 Å². The molecular weight excluding hydrogens is 355 g/mol. The highest BCUT2D eigenvalue weighted by Crippen LogP contribution is 2.14. The van der Waals surface area contributed by atoms with Gasteiger partial charge in [-0.05, 0) is 30.8 Å². The molecule has 4 rings (SSSR count). The first-order chi connectivity index (χ1) is 13.7. The van der Waals surface area contributed by atoms with Gasteiger partial charge < -0.3 is 9.80 Å². The van der Waals surface area contributed by atoms with Crippen LogP contribution in [0.1, 0.15) is 11.3 Å². The predicted molar refractivity (Wildman–Crippen MR) is 109 cm³/mol. The van der Waals surface area contributed by atoms with E-state index in [1.807, 2.05) is 24.4 Å². The molecule has 0 spiro atoms. The summed E-state index contributed by atoms with van der Waals surface area (Å²) in [5.41, 5.74) is 2.26. The van der Waals surface area contributed by atoms with Gasteiger partial charge >= 0.3 is 0 Å². The van der Waals surface area contributed by atoms with E-state index in [1.54, 1.807) is 12.1 Å². The third kappa shape index (κ3) is 5.04. The van der Waals surface area contributed by atoms with Gasteiger partial charge in [0.05, 0.1) is 5.69 Å². The number of piperazine rings is 2. The zero-order valence-electron chi connectivity index (χ0n) is 16.6. The summed E-state index contributed by atoms with van der Waals surface area (Å²) in [6.07, 6.45) is 1.89. The van der Waals surface area contributed by atoms with Gasteiger partial charge in [0.1, 0.15) is 5.82 Å². The highest BCUT2D eigenvalue weighted by atomic mass is 19.1. The minimum atomic E-state index is -0.172. The van der Waals surface area contributed by atoms with E-state index in [1.165, 1.54) is 5.56 Å². The molecule has 3 heterocycles. The fraction of sp³-hybridized carbons (Fsp3) is 0.524. The van der Waals surface area contributed by atoms with Crippen LogP contribution in [0.4, 0.5) is 10.3 Å². The van der Waals surface area contributed by atoms with Crippen LogP contribution in [0, 0.1) is 5.82 Å². The summed E-state index contributed by atoms with van der Waals surface area (Å²) in [6, 6.07) is 8.87. The lowest BCUT2D eigenvalue weighted by atomic mass is 10.2. The van der Waals surface area contributed by atoms with Crippen LogP contribution in [-0.4, -0.2) is 84.1 Å². The zero-order chi connectivity index (χ0) is 19.3. The fourth-order valence-corrected chi connectivity index (χ4v) is 3.81. The molecule has 2 aromatic rings. The van der Waals surface area contributed by atoms with Crippen molar-refractivity contribution in [2.45, 2.75) is 13.1 Å². The third-order valence-corrected chi connectivity index (χ3v) is 5.66. The molecule has 0 N–H and O–H groups in total. The molecule has 0 aliphatic carbocycles. The first kappa shape index (κ1) is 19.2. The third-order valence-electron chi connectivity index (χ3n) is 5.66. The largest absolute Gasteiger partial charge is 0.338 e. The normalized spacial score (nSPS) is 19.9. The standard InChI is InChI=1S/C21H29FN6/c1-25-8-14-28(15-9-25)21-23-7-6-20(24-21)17-27-12-10-26(11-13-27)16-18-2-4-19(22)5-3-18/h2-7H,8-17H2,1H3. The van der Waals surface area contributed by atoms with E-state index in [-0.39, 0.29) is 5.82 Å². The quantitative estimate of drug-likeness (QED) is 0.781. The first-order valence-electron chi connectivity index (χ1n) is 10.1. The average molecular weight is 385 g/mol. The van der Waals surface area contributed by atoms with Crippen molar-refractivity contribution in [2.24, 2.45) is 0 Å². The minimum absolute atomic E-state index is 0.172. The van der Waals surface area contributed by atoms with Crippen LogP contribution in [0.5, 0.6) is 0 Å². The Hall–Kier alpha value is -2.09. The van der Waals surface area contributed by atoms with Gasteiger partial charge in [0, 0.05) is 71.6 Å². The molecule has 1 aromatic carbocycles. The van der Waals surface area contributed by atoms with Crippen molar-refractivity contribution in [3.05, 3.63) is 53.6 Å². The molecule has 0 amide bonds. The molecule has 0 saturated carbocycles. The van der Waals surface area contributed by atoms with Gasteiger partial charge in [0.15, 0.2) is 0 Å². The van der Waals surface area contributed by atoms with Gasteiger partial charge in [-0.2, -0.15) is 0 Å². The Morgan fingerprint density at radius 2 is 1.46 bits per heavy atom. The number of halogens is 1. The van der Waals surface area contributed by atoms with E-state index in [9.17, 15) is 4.39 Å². The Bertz CT molecular complexity index is 752. The van der Waals surface area contributed by atoms with E-state index in [4.69, 9.17) is 4.98 Å². The van der Waals surface area contributed by atoms with E-state index in [0.29, 0.717) is 0 Å². The highest BCUT2D eigenvalue weighted by molar-refractivity contribution is 5.31. The number of nitrogens with zero attached hydrogens (tertiary/aromatic N) is 6. The number of rotatable bonds is 5. The lowest BCUT2D eigenvalue weighted by Crippen LogP contribution is -2.46. The monoisotopic (exact) mass is 384 g/mol. The Labute approximate surface area is 166 Å². The van der Waals surface area contributed by atoms with E-state index < -0.39 is 0 Å². The first-order valence-corrected chi connectivity index (χ1v) is 10.1. The molecule has 2 aliphatic rings. The van der Waals surface area contributed by atoms with Crippen molar-refractivity contribution < 1.29 is 4.39 Å². The molecule has 2 fully saturated rings. The zero-order valence-corrected chi connectivity index (χ0v) is 16.6. The van der Waals surface area contributed by atoms with Gasteiger partial charge in [-0.1, -0.05) is 12.1 Å². The van der Waals surface area contributed by atoms with Gasteiger partial charge in [0.2, 0.25) is 5.95 Å². The molecule has 28 heavy (non-hydrogen) atoms. The smallest absolute Gasteiger partial charge is 0.225 e. The van der Waals surface area contributed by atoms with Crippen LogP contribution < -0.4 is 4.90 Å². The number of hydrogen-bond acceptors (Lipinski definition) is 6. The Morgan fingerprint density at radius 1 is 0.821 bits per heavy atom. The van der Waals surface area contributed by atoms with E-state index >= 15 is 0 Å². The molecule has 7 heteroatoms. The van der Waals surface area contributed by atoms with Gasteiger partial charge in [0.25, 0.3) is 0 Å². The van der Waals surface area contributed by atoms with Crippen molar-refractivity contribution in [1.82, 2.24) is 24.7 Å². The number of benzene rings is 1. The fourth-order valence-electron chi connectivity index (χ4n) is 3.81. The minimum Gasteiger partial charge on any atom is -0.338 e. The number of hydrogen-bond donors (Lipinski definition) is 0. The summed E-state index contributed by atoms with van der Waals surface area (Å²) >= 11 is 0. The van der Waals surface area contributed by atoms with Crippen molar-refractivity contribution in [3.8, 4) is 0 Å². The molecule has 0 bridgehead atoms. The molecule has 1 aromatic heterocycles. The van der Waals surface area contributed by atoms with Crippen LogP contribution >= 0.6 is 0 Å². The second-order valence-electron chi connectivity index (χ2n) is 7.82. The Kier molecular flexibility index (Phi) is 6.14.